The lowest BCUT2D eigenvalue weighted by atomic mass is 10.2. The van der Waals surface area contributed by atoms with E-state index >= 15 is 0 Å². The van der Waals surface area contributed by atoms with Gasteiger partial charge in [0.1, 0.15) is 6.10 Å². The Balaban J connectivity index is 1.70. The van der Waals surface area contributed by atoms with Gasteiger partial charge in [0, 0.05) is 6.61 Å². The van der Waals surface area contributed by atoms with Crippen LogP contribution in [0, 0.1) is 5.82 Å². The number of hydrogen-bond donors (Lipinski definition) is 2. The Hall–Kier alpha value is -2.15. The van der Waals surface area contributed by atoms with Crippen LogP contribution in [0.3, 0.4) is 0 Å². The lowest BCUT2D eigenvalue weighted by molar-refractivity contribution is -0.135. The zero-order valence-electron chi connectivity index (χ0n) is 10.7. The fourth-order valence-electron chi connectivity index (χ4n) is 1.74. The van der Waals surface area contributed by atoms with Gasteiger partial charge in [-0.3, -0.25) is 20.4 Å². The Kier molecular flexibility index (Phi) is 4.89. The second kappa shape index (κ2) is 6.85. The Morgan fingerprint density at radius 2 is 2.15 bits per heavy atom. The topological polar surface area (TPSA) is 76.7 Å². The maximum absolute atomic E-state index is 13.2. The minimum absolute atomic E-state index is 0.0203. The smallest absolute Gasteiger partial charge is 0.276 e. The molecule has 1 fully saturated rings. The molecule has 1 aliphatic rings. The third kappa shape index (κ3) is 3.92. The van der Waals surface area contributed by atoms with Gasteiger partial charge in [0.15, 0.2) is 18.2 Å². The van der Waals surface area contributed by atoms with Gasteiger partial charge >= 0.3 is 0 Å². The van der Waals surface area contributed by atoms with Gasteiger partial charge in [-0.15, -0.1) is 0 Å². The summed E-state index contributed by atoms with van der Waals surface area (Å²) in [4.78, 5) is 23.0. The molecule has 0 aliphatic carbocycles. The van der Waals surface area contributed by atoms with Gasteiger partial charge in [-0.1, -0.05) is 12.1 Å². The number of hydrazine groups is 1. The first-order chi connectivity index (χ1) is 9.66. The summed E-state index contributed by atoms with van der Waals surface area (Å²) in [6.07, 6.45) is 0.929. The lowest BCUT2D eigenvalue weighted by Gasteiger charge is -2.12. The van der Waals surface area contributed by atoms with E-state index in [1.807, 2.05) is 0 Å². The van der Waals surface area contributed by atoms with Gasteiger partial charge < -0.3 is 9.47 Å². The average Bonchev–Trinajstić information content (AvgIpc) is 2.98. The number of benzene rings is 1. The van der Waals surface area contributed by atoms with Crippen molar-refractivity contribution in [1.29, 1.82) is 0 Å². The van der Waals surface area contributed by atoms with E-state index in [-0.39, 0.29) is 5.75 Å². The summed E-state index contributed by atoms with van der Waals surface area (Å²) in [6.45, 7) is 0.148. The van der Waals surface area contributed by atoms with Gasteiger partial charge in [0.25, 0.3) is 11.8 Å². The zero-order chi connectivity index (χ0) is 14.4. The molecule has 2 rings (SSSR count). The fraction of sp³-hybridized carbons (Fsp3) is 0.385. The number of hydrogen-bond acceptors (Lipinski definition) is 4. The summed E-state index contributed by atoms with van der Waals surface area (Å²) in [7, 11) is 0. The predicted octanol–water partition coefficient (Wildman–Crippen LogP) is 0.531. The molecule has 1 atom stereocenters. The largest absolute Gasteiger partial charge is 0.481 e. The SMILES string of the molecule is O=C(COc1ccccc1F)NNC(=O)C1CCCO1. The molecule has 1 unspecified atom stereocenters. The summed E-state index contributed by atoms with van der Waals surface area (Å²) in [5, 5.41) is 0. The van der Waals surface area contributed by atoms with Crippen molar-refractivity contribution in [1.82, 2.24) is 10.9 Å². The second-order valence-electron chi connectivity index (χ2n) is 4.26. The first kappa shape index (κ1) is 14.3. The Morgan fingerprint density at radius 3 is 2.85 bits per heavy atom. The first-order valence-corrected chi connectivity index (χ1v) is 6.24. The second-order valence-corrected chi connectivity index (χ2v) is 4.26. The van der Waals surface area contributed by atoms with E-state index in [2.05, 4.69) is 10.9 Å². The van der Waals surface area contributed by atoms with Crippen LogP contribution < -0.4 is 15.6 Å². The van der Waals surface area contributed by atoms with Gasteiger partial charge in [-0.25, -0.2) is 4.39 Å². The molecule has 0 saturated carbocycles. The van der Waals surface area contributed by atoms with Crippen LogP contribution in [0.5, 0.6) is 5.75 Å². The van der Waals surface area contributed by atoms with Crippen LogP contribution >= 0.6 is 0 Å². The van der Waals surface area contributed by atoms with Crippen molar-refractivity contribution in [3.63, 3.8) is 0 Å². The Morgan fingerprint density at radius 1 is 1.35 bits per heavy atom. The number of carbonyl (C=O) groups excluding carboxylic acids is 2. The van der Waals surface area contributed by atoms with Crippen LogP contribution in [-0.2, 0) is 14.3 Å². The first-order valence-electron chi connectivity index (χ1n) is 6.24. The minimum atomic E-state index is -0.584. The number of nitrogens with one attached hydrogen (secondary N) is 2. The summed E-state index contributed by atoms with van der Waals surface area (Å²) < 4.78 is 23.4. The number of halogens is 1. The maximum Gasteiger partial charge on any atom is 0.276 e. The summed E-state index contributed by atoms with van der Waals surface area (Å²) in [6, 6.07) is 5.75. The molecule has 1 aromatic carbocycles. The van der Waals surface area contributed by atoms with Crippen LogP contribution in [0.4, 0.5) is 4.39 Å². The Bertz CT molecular complexity index is 489. The van der Waals surface area contributed by atoms with Gasteiger partial charge in [-0.05, 0) is 25.0 Å². The van der Waals surface area contributed by atoms with E-state index in [9.17, 15) is 14.0 Å². The van der Waals surface area contributed by atoms with E-state index in [4.69, 9.17) is 9.47 Å². The lowest BCUT2D eigenvalue weighted by Crippen LogP contribution is -2.47. The van der Waals surface area contributed by atoms with Crippen LogP contribution in [0.2, 0.25) is 0 Å². The van der Waals surface area contributed by atoms with E-state index in [0.29, 0.717) is 13.0 Å². The van der Waals surface area contributed by atoms with Crippen molar-refractivity contribution in [2.45, 2.75) is 18.9 Å². The molecular weight excluding hydrogens is 267 g/mol. The van der Waals surface area contributed by atoms with Crippen LogP contribution in [0.15, 0.2) is 24.3 Å². The highest BCUT2D eigenvalue weighted by atomic mass is 19.1. The third-order valence-electron chi connectivity index (χ3n) is 2.74. The van der Waals surface area contributed by atoms with Crippen molar-refractivity contribution in [2.24, 2.45) is 0 Å². The van der Waals surface area contributed by atoms with Crippen molar-refractivity contribution in [3.8, 4) is 5.75 Å². The van der Waals surface area contributed by atoms with Crippen LogP contribution in [-0.4, -0.2) is 31.1 Å². The molecule has 0 aromatic heterocycles. The molecule has 1 aromatic rings. The number of rotatable bonds is 4. The zero-order valence-corrected chi connectivity index (χ0v) is 10.7. The monoisotopic (exact) mass is 282 g/mol. The van der Waals surface area contributed by atoms with Crippen molar-refractivity contribution < 1.29 is 23.5 Å². The standard InChI is InChI=1S/C13H15FN2O4/c14-9-4-1-2-5-10(9)20-8-12(17)15-16-13(18)11-6-3-7-19-11/h1-2,4-5,11H,3,6-8H2,(H,15,17)(H,16,18). The average molecular weight is 282 g/mol. The Labute approximate surface area is 115 Å². The number of amides is 2. The molecule has 2 N–H and O–H groups in total. The van der Waals surface area contributed by atoms with Crippen molar-refractivity contribution in [3.05, 3.63) is 30.1 Å². The molecule has 20 heavy (non-hydrogen) atoms. The van der Waals surface area contributed by atoms with Crippen LogP contribution in [0.1, 0.15) is 12.8 Å². The predicted molar refractivity (Wildman–Crippen MR) is 67.2 cm³/mol. The molecule has 0 radical (unpaired) electrons. The van der Waals surface area contributed by atoms with E-state index in [0.717, 1.165) is 6.42 Å². The van der Waals surface area contributed by atoms with Crippen LogP contribution in [0.25, 0.3) is 0 Å². The van der Waals surface area contributed by atoms with Crippen molar-refractivity contribution in [2.75, 3.05) is 13.2 Å². The maximum atomic E-state index is 13.2. The normalized spacial score (nSPS) is 17.6. The number of ether oxygens (including phenoxy) is 2. The summed E-state index contributed by atoms with van der Waals surface area (Å²) in [5.74, 6) is -1.56. The van der Waals surface area contributed by atoms with Gasteiger partial charge in [0.05, 0.1) is 0 Å². The molecular formula is C13H15FN2O4. The summed E-state index contributed by atoms with van der Waals surface area (Å²) >= 11 is 0. The quantitative estimate of drug-likeness (QED) is 0.790. The molecule has 0 spiro atoms. The highest BCUT2D eigenvalue weighted by Crippen LogP contribution is 2.14. The summed E-state index contributed by atoms with van der Waals surface area (Å²) in [5.41, 5.74) is 4.42. The van der Waals surface area contributed by atoms with E-state index < -0.39 is 30.3 Å². The van der Waals surface area contributed by atoms with E-state index in [1.54, 1.807) is 6.07 Å². The highest BCUT2D eigenvalue weighted by molar-refractivity contribution is 5.85. The molecule has 6 nitrogen and oxygen atoms in total. The molecule has 108 valence electrons. The number of carbonyl (C=O) groups is 2. The molecule has 1 aliphatic heterocycles. The molecule has 1 saturated heterocycles. The van der Waals surface area contributed by atoms with Crippen molar-refractivity contribution >= 4 is 11.8 Å². The molecule has 0 bridgehead atoms. The molecule has 7 heteroatoms. The van der Waals surface area contributed by atoms with Gasteiger partial charge in [0.2, 0.25) is 0 Å². The minimum Gasteiger partial charge on any atom is -0.481 e. The highest BCUT2D eigenvalue weighted by Gasteiger charge is 2.23. The third-order valence-corrected chi connectivity index (χ3v) is 2.74. The number of para-hydroxylation sites is 1. The molecule has 1 heterocycles. The fourth-order valence-corrected chi connectivity index (χ4v) is 1.74. The van der Waals surface area contributed by atoms with E-state index in [1.165, 1.54) is 18.2 Å². The molecule has 2 amide bonds. The van der Waals surface area contributed by atoms with Gasteiger partial charge in [-0.2, -0.15) is 0 Å².